The Morgan fingerprint density at radius 1 is 1.05 bits per heavy atom. The topological polar surface area (TPSA) is 144 Å². The number of ether oxygens (including phenoxy) is 6. The van der Waals surface area contributed by atoms with Crippen LogP contribution in [0.25, 0.3) is 0 Å². The monoisotopic (exact) mass is 586 g/mol. The Morgan fingerprint density at radius 2 is 1.71 bits per heavy atom. The van der Waals surface area contributed by atoms with E-state index in [4.69, 9.17) is 28.4 Å². The Kier molecular flexibility index (Phi) is 6.99. The smallest absolute Gasteiger partial charge is 0.331 e. The Hall–Kier alpha value is -3.47. The number of allylic oxidation sites excluding steroid dienone is 1. The fourth-order valence-corrected chi connectivity index (χ4v) is 8.64. The zero-order chi connectivity index (χ0) is 31.0. The summed E-state index contributed by atoms with van der Waals surface area (Å²) in [4.78, 5) is 63.1. The molecule has 2 aliphatic carbocycles. The van der Waals surface area contributed by atoms with Crippen LogP contribution in [0.1, 0.15) is 54.4 Å². The molecule has 1 saturated heterocycles. The van der Waals surface area contributed by atoms with Crippen LogP contribution in [0.2, 0.25) is 0 Å². The molecule has 0 unspecified atom stereocenters. The number of carbonyl (C=O) groups is 5. The number of esters is 5. The first-order valence-corrected chi connectivity index (χ1v) is 14.1. The standard InChI is InChI=1S/C31H38O11/c1-15-25(29(6)10-9-22(34)42-28(4,5)20(29)13-23(35)37-8)26(39-16(2)32)27(40-17(3)33)30(7)19(12-21-31(15,30)41-21)18-11-24(36)38-14-18/h9-11,19-21,25-27H,1,12-14H2,2-8H3/t19-,20-,21+,25+,26+,27-,29-,30+,31+/m0/s1. The molecule has 0 bridgehead atoms. The van der Waals surface area contributed by atoms with Gasteiger partial charge in [-0.2, -0.15) is 0 Å². The molecule has 0 aromatic heterocycles. The Morgan fingerprint density at radius 3 is 2.29 bits per heavy atom. The minimum absolute atomic E-state index is 0.0954. The van der Waals surface area contributed by atoms with E-state index in [1.54, 1.807) is 19.9 Å². The van der Waals surface area contributed by atoms with Crippen LogP contribution in [-0.4, -0.2) is 73.1 Å². The summed E-state index contributed by atoms with van der Waals surface area (Å²) in [6.07, 6.45) is 2.34. The second kappa shape index (κ2) is 9.79. The number of cyclic esters (lactones) is 2. The molecule has 0 amide bonds. The van der Waals surface area contributed by atoms with Crippen molar-refractivity contribution in [3.05, 3.63) is 36.0 Å². The Bertz CT molecular complexity index is 1330. The maximum Gasteiger partial charge on any atom is 0.331 e. The van der Waals surface area contributed by atoms with Crippen LogP contribution >= 0.6 is 0 Å². The lowest BCUT2D eigenvalue weighted by atomic mass is 9.48. The zero-order valence-corrected chi connectivity index (χ0v) is 25.0. The van der Waals surface area contributed by atoms with E-state index in [9.17, 15) is 24.0 Å². The summed E-state index contributed by atoms with van der Waals surface area (Å²) in [5, 5.41) is 0. The van der Waals surface area contributed by atoms with Crippen LogP contribution in [0.5, 0.6) is 0 Å². The van der Waals surface area contributed by atoms with Crippen molar-refractivity contribution in [2.45, 2.75) is 83.9 Å². The van der Waals surface area contributed by atoms with Crippen LogP contribution in [0.4, 0.5) is 0 Å². The lowest BCUT2D eigenvalue weighted by molar-refractivity contribution is -0.211. The molecule has 3 heterocycles. The molecule has 2 saturated carbocycles. The third-order valence-corrected chi connectivity index (χ3v) is 10.3. The van der Waals surface area contributed by atoms with Crippen molar-refractivity contribution in [1.82, 2.24) is 0 Å². The van der Waals surface area contributed by atoms with Gasteiger partial charge in [-0.05, 0) is 37.3 Å². The van der Waals surface area contributed by atoms with Gasteiger partial charge < -0.3 is 28.4 Å². The fourth-order valence-electron chi connectivity index (χ4n) is 8.64. The molecule has 228 valence electrons. The van der Waals surface area contributed by atoms with Crippen molar-refractivity contribution in [2.24, 2.45) is 28.6 Å². The minimum atomic E-state index is -1.17. The number of methoxy groups -OCH3 is 1. The quantitative estimate of drug-likeness (QED) is 0.196. The van der Waals surface area contributed by atoms with Gasteiger partial charge in [0.15, 0.2) is 0 Å². The van der Waals surface area contributed by atoms with E-state index in [1.807, 2.05) is 13.8 Å². The average Bonchev–Trinajstić information content (AvgIpc) is 3.39. The largest absolute Gasteiger partial charge is 0.469 e. The van der Waals surface area contributed by atoms with Gasteiger partial charge in [0.2, 0.25) is 0 Å². The molecular formula is C31H38O11. The highest BCUT2D eigenvalue weighted by Crippen LogP contribution is 2.75. The Labute approximate surface area is 244 Å². The third kappa shape index (κ3) is 4.22. The summed E-state index contributed by atoms with van der Waals surface area (Å²) in [6, 6.07) is 0. The van der Waals surface area contributed by atoms with Gasteiger partial charge >= 0.3 is 29.8 Å². The summed E-state index contributed by atoms with van der Waals surface area (Å²) >= 11 is 0. The van der Waals surface area contributed by atoms with Gasteiger partial charge in [-0.15, -0.1) is 0 Å². The highest BCUT2D eigenvalue weighted by molar-refractivity contribution is 5.85. The van der Waals surface area contributed by atoms with Gasteiger partial charge in [0, 0.05) is 43.3 Å². The molecule has 11 nitrogen and oxygen atoms in total. The fraction of sp³-hybridized carbons (Fsp3) is 0.645. The Balaban J connectivity index is 1.73. The molecule has 0 aromatic rings. The van der Waals surface area contributed by atoms with E-state index in [-0.39, 0.29) is 25.0 Å². The third-order valence-electron chi connectivity index (χ3n) is 10.3. The number of carbonyl (C=O) groups excluding carboxylic acids is 5. The van der Waals surface area contributed by atoms with E-state index in [1.165, 1.54) is 33.1 Å². The van der Waals surface area contributed by atoms with Crippen LogP contribution in [0.15, 0.2) is 36.0 Å². The van der Waals surface area contributed by atoms with Crippen molar-refractivity contribution < 1.29 is 52.4 Å². The normalized spacial score (nSPS) is 41.4. The van der Waals surface area contributed by atoms with Crippen molar-refractivity contribution in [2.75, 3.05) is 13.7 Å². The van der Waals surface area contributed by atoms with Crippen molar-refractivity contribution in [3.8, 4) is 0 Å². The molecule has 5 aliphatic rings. The second-order valence-corrected chi connectivity index (χ2v) is 12.9. The van der Waals surface area contributed by atoms with Crippen LogP contribution in [-0.2, 0) is 52.4 Å². The van der Waals surface area contributed by atoms with Crippen LogP contribution in [0.3, 0.4) is 0 Å². The first-order chi connectivity index (χ1) is 19.5. The van der Waals surface area contributed by atoms with E-state index in [2.05, 4.69) is 6.58 Å². The lowest BCUT2D eigenvalue weighted by Crippen LogP contribution is -2.66. The minimum Gasteiger partial charge on any atom is -0.469 e. The van der Waals surface area contributed by atoms with E-state index in [0.717, 1.165) is 5.57 Å². The number of hydrogen-bond acceptors (Lipinski definition) is 11. The summed E-state index contributed by atoms with van der Waals surface area (Å²) in [7, 11) is 1.28. The molecule has 9 atom stereocenters. The van der Waals surface area contributed by atoms with Gasteiger partial charge in [-0.25, -0.2) is 9.59 Å². The summed E-state index contributed by atoms with van der Waals surface area (Å²) in [5.74, 6) is -4.57. The SMILES string of the molecule is C=C1[C@@H]([C@@]2(C)C=CC(=O)OC(C)(C)[C@@H]2CC(=O)OC)[C@@H](OC(C)=O)[C@H](OC(C)=O)[C@@]2(C)[C@H](C3=CC(=O)OC3)C[C@H]3O[C@]132. The summed E-state index contributed by atoms with van der Waals surface area (Å²) in [6.45, 7) is 14.4. The molecule has 0 radical (unpaired) electrons. The van der Waals surface area contributed by atoms with E-state index in [0.29, 0.717) is 12.0 Å². The van der Waals surface area contributed by atoms with Gasteiger partial charge in [-0.1, -0.05) is 26.5 Å². The van der Waals surface area contributed by atoms with Crippen molar-refractivity contribution in [3.63, 3.8) is 0 Å². The van der Waals surface area contributed by atoms with Crippen LogP contribution in [0, 0.1) is 28.6 Å². The lowest BCUT2D eigenvalue weighted by Gasteiger charge is -2.58. The molecule has 42 heavy (non-hydrogen) atoms. The van der Waals surface area contributed by atoms with Gasteiger partial charge in [0.1, 0.15) is 30.0 Å². The number of hydrogen-bond donors (Lipinski definition) is 0. The molecule has 1 spiro atoms. The number of rotatable bonds is 6. The number of epoxide rings is 1. The zero-order valence-electron chi connectivity index (χ0n) is 25.0. The first-order valence-electron chi connectivity index (χ1n) is 14.1. The highest BCUT2D eigenvalue weighted by atomic mass is 16.6. The molecular weight excluding hydrogens is 548 g/mol. The van der Waals surface area contributed by atoms with Gasteiger partial charge in [0.25, 0.3) is 0 Å². The van der Waals surface area contributed by atoms with Crippen LogP contribution < -0.4 is 0 Å². The summed E-state index contributed by atoms with van der Waals surface area (Å²) < 4.78 is 34.6. The van der Waals surface area contributed by atoms with Crippen molar-refractivity contribution in [1.29, 1.82) is 0 Å². The van der Waals surface area contributed by atoms with Gasteiger partial charge in [0.05, 0.1) is 25.0 Å². The highest BCUT2D eigenvalue weighted by Gasteiger charge is 2.84. The predicted molar refractivity (Wildman–Crippen MR) is 144 cm³/mol. The average molecular weight is 587 g/mol. The molecule has 5 rings (SSSR count). The molecule has 11 heteroatoms. The maximum absolute atomic E-state index is 12.8. The first kappa shape index (κ1) is 30.0. The second-order valence-electron chi connectivity index (χ2n) is 12.9. The maximum atomic E-state index is 12.8. The molecule has 0 aromatic carbocycles. The van der Waals surface area contributed by atoms with Gasteiger partial charge in [-0.3, -0.25) is 14.4 Å². The van der Waals surface area contributed by atoms with E-state index < -0.39 is 75.9 Å². The molecule has 3 fully saturated rings. The molecule has 3 aliphatic heterocycles. The molecule has 0 N–H and O–H groups in total. The predicted octanol–water partition coefficient (Wildman–Crippen LogP) is 2.76. The summed E-state index contributed by atoms with van der Waals surface area (Å²) in [5.41, 5.74) is -2.97. The van der Waals surface area contributed by atoms with E-state index >= 15 is 0 Å². The van der Waals surface area contributed by atoms with Crippen molar-refractivity contribution >= 4 is 29.8 Å².